The van der Waals surface area contributed by atoms with Gasteiger partial charge in [-0.2, -0.15) is 11.8 Å². The molecule has 2 N–H and O–H groups in total. The van der Waals surface area contributed by atoms with Gasteiger partial charge in [0, 0.05) is 83.7 Å². The monoisotopic (exact) mass is 997 g/mol. The number of fused-ring (bicyclic) bond motifs is 5. The third-order valence-corrected chi connectivity index (χ3v) is 14.9. The van der Waals surface area contributed by atoms with Crippen LogP contribution in [0.25, 0.3) is 0 Å². The van der Waals surface area contributed by atoms with Crippen molar-refractivity contribution >= 4 is 70.8 Å². The van der Waals surface area contributed by atoms with Gasteiger partial charge >= 0.3 is 12.1 Å². The Labute approximate surface area is 412 Å². The molecule has 0 aromatic heterocycles. The first-order chi connectivity index (χ1) is 32.8. The molecule has 4 heterocycles. The molecule has 2 aromatic carbocycles. The number of hydrogen-bond donors (Lipinski definition) is 2. The average molecular weight is 999 g/mol. The summed E-state index contributed by atoms with van der Waals surface area (Å²) in [5, 5.41) is 14.6. The van der Waals surface area contributed by atoms with Crippen molar-refractivity contribution in [2.24, 2.45) is 5.92 Å². The van der Waals surface area contributed by atoms with Crippen molar-refractivity contribution in [3.05, 3.63) is 70.3 Å². The maximum absolute atomic E-state index is 14.3. The Kier molecular flexibility index (Phi) is 17.4. The maximum Gasteiger partial charge on any atom is 0.409 e. The van der Waals surface area contributed by atoms with Crippen LogP contribution in [0.3, 0.4) is 0 Å². The standard InChI is InChI=1S/C49H64ClN5O13S/c1-29-11-10-12-39(65-9)49(62)26-38(66-47(61)51-49)30(2)45-48(4,68-45)40(25-42(58)53(6)35-22-32(21-29)23-37(64-8)44(35)50)67-46(60)31(3)52(5)41(57)15-20-69-28-43(59)55-18-16-54(17-19-55)34-14-13-33(27-56)36(24-34)63-7/h10-14,22-24,27,30-31,38-40,45,62H,15-21,25-26,28H2,1-9H3,(H,51,61)/b12-10+,29-11+/t30?,31-,38?,39?,40-,45?,48?,49?/m0/s1. The number of nitrogens with zero attached hydrogens (tertiary/aromatic N) is 4. The van der Waals surface area contributed by atoms with Crippen LogP contribution in [-0.2, 0) is 44.5 Å². The number of esters is 1. The molecule has 0 aliphatic carbocycles. The maximum atomic E-state index is 14.3. The van der Waals surface area contributed by atoms with Gasteiger partial charge in [0.15, 0.2) is 12.0 Å². The highest BCUT2D eigenvalue weighted by molar-refractivity contribution is 7.99. The van der Waals surface area contributed by atoms with Crippen LogP contribution in [-0.4, -0.2) is 166 Å². The molecule has 6 unspecified atom stereocenters. The van der Waals surface area contributed by atoms with Crippen LogP contribution < -0.4 is 24.6 Å². The normalized spacial score (nSPS) is 27.9. The lowest BCUT2D eigenvalue weighted by atomic mass is 9.83. The number of ether oxygens (including phenoxy) is 6. The third kappa shape index (κ3) is 12.2. The fourth-order valence-electron chi connectivity index (χ4n) is 9.01. The van der Waals surface area contributed by atoms with Crippen LogP contribution in [0.2, 0.25) is 5.02 Å². The highest BCUT2D eigenvalue weighted by atomic mass is 35.5. The van der Waals surface area contributed by atoms with E-state index < -0.39 is 65.7 Å². The highest BCUT2D eigenvalue weighted by Gasteiger charge is 2.64. The first kappa shape index (κ1) is 53.0. The number of likely N-dealkylation sites (N-methyl/N-ethyl adjacent to an activating group) is 1. The van der Waals surface area contributed by atoms with Crippen LogP contribution in [0, 0.1) is 5.92 Å². The molecule has 4 aliphatic heterocycles. The number of carbonyl (C=O) groups is 6. The van der Waals surface area contributed by atoms with Crippen molar-refractivity contribution in [3.8, 4) is 11.5 Å². The Morgan fingerprint density at radius 2 is 1.80 bits per heavy atom. The molecule has 3 fully saturated rings. The number of epoxide rings is 1. The number of methoxy groups -OCH3 is 3. The molecule has 6 rings (SSSR count). The van der Waals surface area contributed by atoms with Crippen molar-refractivity contribution in [2.75, 3.05) is 82.9 Å². The first-order valence-electron chi connectivity index (χ1n) is 22.9. The minimum absolute atomic E-state index is 0.0442. The minimum atomic E-state index is -1.86. The van der Waals surface area contributed by atoms with E-state index in [0.717, 1.165) is 23.1 Å². The van der Waals surface area contributed by atoms with Crippen molar-refractivity contribution in [1.82, 2.24) is 15.1 Å². The number of benzene rings is 2. The zero-order valence-electron chi connectivity index (χ0n) is 40.7. The molecule has 69 heavy (non-hydrogen) atoms. The Morgan fingerprint density at radius 3 is 2.46 bits per heavy atom. The zero-order chi connectivity index (χ0) is 50.4. The number of hydrogen-bond acceptors (Lipinski definition) is 15. The van der Waals surface area contributed by atoms with Gasteiger partial charge in [-0.15, -0.1) is 0 Å². The number of thioether (sulfide) groups is 1. The molecule has 0 saturated carbocycles. The first-order valence-corrected chi connectivity index (χ1v) is 24.4. The summed E-state index contributed by atoms with van der Waals surface area (Å²) in [6.07, 6.45) is 1.39. The third-order valence-electron chi connectivity index (χ3n) is 13.6. The second-order valence-corrected chi connectivity index (χ2v) is 19.6. The molecule has 0 radical (unpaired) electrons. The molecule has 4 bridgehead atoms. The number of nitrogens with one attached hydrogen (secondary N) is 1. The zero-order valence-corrected chi connectivity index (χ0v) is 42.2. The summed E-state index contributed by atoms with van der Waals surface area (Å²) in [6.45, 7) is 9.17. The van der Waals surface area contributed by atoms with Gasteiger partial charge in [0.25, 0.3) is 0 Å². The summed E-state index contributed by atoms with van der Waals surface area (Å²) in [5.74, 6) is -0.869. The predicted molar refractivity (Wildman–Crippen MR) is 260 cm³/mol. The van der Waals surface area contributed by atoms with E-state index in [1.807, 2.05) is 25.1 Å². The van der Waals surface area contributed by atoms with Gasteiger partial charge in [-0.05, 0) is 57.0 Å². The summed E-state index contributed by atoms with van der Waals surface area (Å²) in [5.41, 5.74) is 0.284. The molecule has 4 aliphatic rings. The molecule has 20 heteroatoms. The van der Waals surface area contributed by atoms with Crippen molar-refractivity contribution in [2.45, 2.75) is 95.2 Å². The van der Waals surface area contributed by atoms with Gasteiger partial charge in [0.2, 0.25) is 17.7 Å². The molecular formula is C49H64ClN5O13S. The number of carbonyl (C=O) groups excluding carboxylic acids is 6. The quantitative estimate of drug-likeness (QED) is 0.120. The minimum Gasteiger partial charge on any atom is -0.496 e. The van der Waals surface area contributed by atoms with E-state index in [-0.39, 0.29) is 41.9 Å². The molecule has 3 saturated heterocycles. The molecule has 2 aromatic rings. The van der Waals surface area contributed by atoms with Gasteiger partial charge in [-0.25, -0.2) is 9.59 Å². The number of aldehydes is 1. The largest absolute Gasteiger partial charge is 0.496 e. The van der Waals surface area contributed by atoms with Crippen LogP contribution in [0.15, 0.2) is 54.1 Å². The summed E-state index contributed by atoms with van der Waals surface area (Å²) in [7, 11) is 7.47. The summed E-state index contributed by atoms with van der Waals surface area (Å²) < 4.78 is 34.8. The van der Waals surface area contributed by atoms with E-state index in [1.54, 1.807) is 56.1 Å². The van der Waals surface area contributed by atoms with E-state index in [2.05, 4.69) is 10.2 Å². The molecule has 0 spiro atoms. The van der Waals surface area contributed by atoms with Crippen molar-refractivity contribution in [1.29, 1.82) is 0 Å². The number of allylic oxidation sites excluding steroid dienone is 3. The second kappa shape index (κ2) is 22.6. The number of rotatable bonds is 13. The molecular weight excluding hydrogens is 934 g/mol. The van der Waals surface area contributed by atoms with Crippen molar-refractivity contribution in [3.63, 3.8) is 0 Å². The summed E-state index contributed by atoms with van der Waals surface area (Å²) in [4.78, 5) is 85.8. The number of halogens is 1. The van der Waals surface area contributed by atoms with E-state index >= 15 is 0 Å². The lowest BCUT2D eigenvalue weighted by Gasteiger charge is -2.42. The van der Waals surface area contributed by atoms with Crippen LogP contribution >= 0.6 is 23.4 Å². The summed E-state index contributed by atoms with van der Waals surface area (Å²) >= 11 is 8.14. The lowest BCUT2D eigenvalue weighted by Crippen LogP contribution is -2.63. The molecule has 18 nitrogen and oxygen atoms in total. The fourth-order valence-corrected chi connectivity index (χ4v) is 10.1. The van der Waals surface area contributed by atoms with E-state index in [4.69, 9.17) is 40.0 Å². The summed E-state index contributed by atoms with van der Waals surface area (Å²) in [6, 6.07) is 7.87. The smallest absolute Gasteiger partial charge is 0.409 e. The predicted octanol–water partition coefficient (Wildman–Crippen LogP) is 4.81. The van der Waals surface area contributed by atoms with Gasteiger partial charge in [0.05, 0.1) is 43.7 Å². The van der Waals surface area contributed by atoms with Crippen LogP contribution in [0.4, 0.5) is 16.2 Å². The average Bonchev–Trinajstić information content (AvgIpc) is 4.04. The van der Waals surface area contributed by atoms with E-state index in [1.165, 1.54) is 56.9 Å². The second-order valence-electron chi connectivity index (χ2n) is 18.1. The number of alkyl carbamates (subject to hydrolysis) is 1. The van der Waals surface area contributed by atoms with Crippen LogP contribution in [0.5, 0.6) is 11.5 Å². The Hall–Kier alpha value is -5.34. The lowest BCUT2D eigenvalue weighted by molar-refractivity contribution is -0.162. The van der Waals surface area contributed by atoms with Gasteiger partial charge in [-0.1, -0.05) is 42.3 Å². The SMILES string of the molecule is COc1cc(N2CCN(C(=O)CSCCC(=O)N(C)[C@@H](C)C(=O)O[C@H]3CC(=O)N(C)c4cc(cc(OC)c4Cl)C/C(C)=C/C=C/C(OC)C4(O)CC(OC(=O)N4)C(C)C4OC43C)CC2)ccc1C=O. The van der Waals surface area contributed by atoms with Gasteiger partial charge in [-0.3, -0.25) is 24.5 Å². The topological polar surface area (TPSA) is 206 Å². The fraction of sp³-hybridized carbons (Fsp3) is 0.551. The van der Waals surface area contributed by atoms with Crippen molar-refractivity contribution < 1.29 is 62.3 Å². The van der Waals surface area contributed by atoms with E-state index in [9.17, 15) is 33.9 Å². The Balaban J connectivity index is 1.12. The van der Waals surface area contributed by atoms with E-state index in [0.29, 0.717) is 61.1 Å². The number of amides is 4. The number of anilines is 2. The van der Waals surface area contributed by atoms with Gasteiger partial charge < -0.3 is 53.1 Å². The molecule has 4 amide bonds. The molecule has 376 valence electrons. The number of aliphatic hydroxyl groups is 1. The highest BCUT2D eigenvalue weighted by Crippen LogP contribution is 2.49. The van der Waals surface area contributed by atoms with Crippen LogP contribution in [0.1, 0.15) is 62.9 Å². The molecule has 8 atom stereocenters. The Morgan fingerprint density at radius 1 is 1.09 bits per heavy atom. The number of piperazine rings is 1. The Bertz CT molecular complexity index is 2330. The van der Waals surface area contributed by atoms with Gasteiger partial charge in [0.1, 0.15) is 46.5 Å².